The van der Waals surface area contributed by atoms with Gasteiger partial charge in [0.2, 0.25) is 17.5 Å². The first-order chi connectivity index (χ1) is 16.8. The van der Waals surface area contributed by atoms with E-state index in [4.69, 9.17) is 4.42 Å². The third kappa shape index (κ3) is 3.81. The van der Waals surface area contributed by atoms with E-state index in [1.54, 1.807) is 0 Å². The van der Waals surface area contributed by atoms with Crippen LogP contribution in [-0.4, -0.2) is 10.2 Å². The van der Waals surface area contributed by atoms with Gasteiger partial charge in [-0.25, -0.2) is 0 Å². The van der Waals surface area contributed by atoms with Gasteiger partial charge >= 0.3 is 0 Å². The minimum absolute atomic E-state index is 0.100. The Bertz CT molecular complexity index is 1390. The summed E-state index contributed by atoms with van der Waals surface area (Å²) in [6, 6.07) is 21.2. The zero-order valence-corrected chi connectivity index (χ0v) is 21.4. The molecule has 0 radical (unpaired) electrons. The van der Waals surface area contributed by atoms with Crippen molar-refractivity contribution in [3.63, 3.8) is 0 Å². The van der Waals surface area contributed by atoms with Crippen LogP contribution in [0.1, 0.15) is 65.0 Å². The molecule has 1 atom stereocenters. The van der Waals surface area contributed by atoms with Crippen LogP contribution >= 0.6 is 0 Å². The van der Waals surface area contributed by atoms with Crippen LogP contribution in [0.2, 0.25) is 0 Å². The summed E-state index contributed by atoms with van der Waals surface area (Å²) in [5.41, 5.74) is 7.85. The highest BCUT2D eigenvalue weighted by Crippen LogP contribution is 2.45. The maximum Gasteiger partial charge on any atom is 0.248 e. The maximum absolute atomic E-state index is 6.14. The second-order valence-corrected chi connectivity index (χ2v) is 10.6. The van der Waals surface area contributed by atoms with Gasteiger partial charge in [-0.2, -0.15) is 4.57 Å². The normalized spacial score (nSPS) is 17.2. The number of fused-ring (bicyclic) bond motifs is 3. The summed E-state index contributed by atoms with van der Waals surface area (Å²) < 4.78 is 8.55. The Morgan fingerprint density at radius 2 is 1.57 bits per heavy atom. The second-order valence-electron chi connectivity index (χ2n) is 10.6. The molecule has 3 heterocycles. The number of benzene rings is 2. The van der Waals surface area contributed by atoms with Crippen molar-refractivity contribution in [1.82, 2.24) is 10.2 Å². The highest BCUT2D eigenvalue weighted by molar-refractivity contribution is 5.85. The molecule has 0 fully saturated rings. The third-order valence-electron chi connectivity index (χ3n) is 7.42. The molecule has 1 unspecified atom stereocenters. The molecule has 2 aromatic heterocycles. The molecule has 0 saturated heterocycles. The predicted molar refractivity (Wildman–Crippen MR) is 142 cm³/mol. The van der Waals surface area contributed by atoms with Crippen LogP contribution < -0.4 is 4.57 Å². The van der Waals surface area contributed by atoms with E-state index >= 15 is 0 Å². The van der Waals surface area contributed by atoms with Crippen LogP contribution in [-0.2, 0) is 11.0 Å². The van der Waals surface area contributed by atoms with E-state index in [0.717, 1.165) is 36.0 Å². The predicted octanol–water partition coefficient (Wildman–Crippen LogP) is 7.59. The summed E-state index contributed by atoms with van der Waals surface area (Å²) in [4.78, 5) is 0. The molecule has 0 saturated carbocycles. The van der Waals surface area contributed by atoms with Gasteiger partial charge in [0.05, 0.1) is 5.56 Å². The summed E-state index contributed by atoms with van der Waals surface area (Å²) in [6.07, 6.45) is 5.36. The average molecular weight is 465 g/mol. The summed E-state index contributed by atoms with van der Waals surface area (Å²) in [5.74, 6) is 1.06. The lowest BCUT2D eigenvalue weighted by molar-refractivity contribution is -0.742. The molecule has 1 aliphatic rings. The van der Waals surface area contributed by atoms with Gasteiger partial charge in [0.15, 0.2) is 11.7 Å². The Balaban J connectivity index is 1.55. The molecule has 1 aliphatic heterocycles. The first kappa shape index (κ1) is 23.2. The molecular formula is C31H34N3O+. The van der Waals surface area contributed by atoms with Gasteiger partial charge in [0.25, 0.3) is 0 Å². The number of pyridine rings is 1. The largest absolute Gasteiger partial charge is 0.416 e. The highest BCUT2D eigenvalue weighted by atomic mass is 16.4. The number of hydrogen-bond acceptors (Lipinski definition) is 3. The van der Waals surface area contributed by atoms with Crippen LogP contribution in [0.25, 0.3) is 39.7 Å². The Kier molecular flexibility index (Phi) is 5.71. The molecular weight excluding hydrogens is 430 g/mol. The Morgan fingerprint density at radius 1 is 0.886 bits per heavy atom. The van der Waals surface area contributed by atoms with Crippen molar-refractivity contribution in [1.29, 1.82) is 0 Å². The quantitative estimate of drug-likeness (QED) is 0.286. The first-order valence-corrected chi connectivity index (χ1v) is 12.6. The van der Waals surface area contributed by atoms with E-state index in [-0.39, 0.29) is 11.0 Å². The summed E-state index contributed by atoms with van der Waals surface area (Å²) >= 11 is 0. The van der Waals surface area contributed by atoms with E-state index in [1.807, 2.05) is 0 Å². The molecule has 0 aliphatic carbocycles. The van der Waals surface area contributed by atoms with Gasteiger partial charge in [-0.3, -0.25) is 0 Å². The van der Waals surface area contributed by atoms with Gasteiger partial charge in [0.1, 0.15) is 0 Å². The summed E-state index contributed by atoms with van der Waals surface area (Å²) in [6.45, 7) is 15.7. The zero-order valence-electron chi connectivity index (χ0n) is 21.4. The standard InChI is InChI=1S/C31H34N3O/c1-7-18-31(8-2)21(3)25-17-14-23(20-26(25)27-11-9-10-19-34(27)31)29-33-32-28(35-29)22-12-15-24(16-13-22)30(4,5)6/h9-17,19-20H,3,7-8,18H2,1-2,4-6H3/q+1. The minimum Gasteiger partial charge on any atom is -0.416 e. The Hall–Kier alpha value is -3.53. The van der Waals surface area contributed by atoms with Gasteiger partial charge in [-0.1, -0.05) is 59.4 Å². The van der Waals surface area contributed by atoms with Crippen molar-refractivity contribution in [2.24, 2.45) is 0 Å². The summed E-state index contributed by atoms with van der Waals surface area (Å²) in [5, 5.41) is 8.73. The average Bonchev–Trinajstić information content (AvgIpc) is 3.36. The maximum atomic E-state index is 6.14. The molecule has 4 aromatic rings. The lowest BCUT2D eigenvalue weighted by Gasteiger charge is -2.35. The number of hydrogen-bond donors (Lipinski definition) is 0. The lowest BCUT2D eigenvalue weighted by atomic mass is 9.74. The third-order valence-corrected chi connectivity index (χ3v) is 7.42. The van der Waals surface area contributed by atoms with Crippen LogP contribution in [0.5, 0.6) is 0 Å². The van der Waals surface area contributed by atoms with Crippen LogP contribution in [0.4, 0.5) is 0 Å². The molecule has 0 spiro atoms. The zero-order chi connectivity index (χ0) is 24.8. The van der Waals surface area contributed by atoms with Crippen LogP contribution in [0.3, 0.4) is 0 Å². The lowest BCUT2D eigenvalue weighted by Crippen LogP contribution is -2.59. The number of rotatable bonds is 5. The van der Waals surface area contributed by atoms with E-state index < -0.39 is 0 Å². The SMILES string of the molecule is C=C1c2ccc(-c3nnc(-c4ccc(C(C)(C)C)cc4)o3)cc2-c2cccc[n+]2C1(CC)CCC. The van der Waals surface area contributed by atoms with E-state index in [9.17, 15) is 0 Å². The molecule has 2 aromatic carbocycles. The van der Waals surface area contributed by atoms with Gasteiger partial charge in [-0.15, -0.1) is 10.2 Å². The number of aromatic nitrogens is 3. The first-order valence-electron chi connectivity index (χ1n) is 12.6. The molecule has 178 valence electrons. The van der Waals surface area contributed by atoms with Crippen molar-refractivity contribution in [3.8, 4) is 34.2 Å². The van der Waals surface area contributed by atoms with Crippen LogP contribution in [0.15, 0.2) is 77.9 Å². The molecule has 5 rings (SSSR count). The van der Waals surface area contributed by atoms with Crippen molar-refractivity contribution >= 4 is 5.57 Å². The fourth-order valence-corrected chi connectivity index (χ4v) is 5.40. The van der Waals surface area contributed by atoms with Gasteiger partial charge in [0, 0.05) is 41.7 Å². The van der Waals surface area contributed by atoms with Crippen LogP contribution in [0, 0.1) is 0 Å². The Morgan fingerprint density at radius 3 is 2.23 bits per heavy atom. The fraction of sp³-hybridized carbons (Fsp3) is 0.323. The highest BCUT2D eigenvalue weighted by Gasteiger charge is 2.47. The monoisotopic (exact) mass is 464 g/mol. The summed E-state index contributed by atoms with van der Waals surface area (Å²) in [7, 11) is 0. The van der Waals surface area contributed by atoms with Crippen molar-refractivity contribution in [2.45, 2.75) is 64.8 Å². The van der Waals surface area contributed by atoms with E-state index in [2.05, 4.69) is 123 Å². The second kappa shape index (κ2) is 8.60. The molecule has 0 N–H and O–H groups in total. The number of nitrogens with zero attached hydrogens (tertiary/aromatic N) is 3. The fourth-order valence-electron chi connectivity index (χ4n) is 5.40. The Labute approximate surface area is 208 Å². The van der Waals surface area contributed by atoms with Gasteiger partial charge < -0.3 is 4.42 Å². The number of allylic oxidation sites excluding steroid dienone is 1. The van der Waals surface area contributed by atoms with Crippen molar-refractivity contribution in [2.75, 3.05) is 0 Å². The van der Waals surface area contributed by atoms with Gasteiger partial charge in [-0.05, 0) is 53.3 Å². The molecule has 0 amide bonds. The topological polar surface area (TPSA) is 42.8 Å². The minimum atomic E-state index is -0.100. The smallest absolute Gasteiger partial charge is 0.248 e. The molecule has 4 nitrogen and oxygen atoms in total. The van der Waals surface area contributed by atoms with Crippen molar-refractivity contribution in [3.05, 3.63) is 84.6 Å². The molecule has 35 heavy (non-hydrogen) atoms. The van der Waals surface area contributed by atoms with E-state index in [1.165, 1.54) is 22.4 Å². The van der Waals surface area contributed by atoms with E-state index in [0.29, 0.717) is 11.8 Å². The van der Waals surface area contributed by atoms with Crippen molar-refractivity contribution < 1.29 is 8.98 Å². The molecule has 4 heteroatoms. The molecule has 0 bridgehead atoms.